The van der Waals surface area contributed by atoms with Gasteiger partial charge in [0.2, 0.25) is 0 Å². The molecule has 48 valence electrons. The van der Waals surface area contributed by atoms with Gasteiger partial charge in [0.1, 0.15) is 0 Å². The average Bonchev–Trinajstić information content (AvgIpc) is 2.55. The molecule has 0 spiro atoms. The molecule has 0 atom stereocenters. The molecule has 4 heteroatoms. The van der Waals surface area contributed by atoms with Gasteiger partial charge in [0.05, 0.1) is 0 Å². The minimum absolute atomic E-state index is 0.118. The van der Waals surface area contributed by atoms with E-state index in [0.29, 0.717) is 4.70 Å². The van der Waals surface area contributed by atoms with Crippen molar-refractivity contribution in [2.45, 2.75) is 0 Å². The Hall–Kier alpha value is -1.58. The number of hydrogen-bond donors (Lipinski definition) is 0. The minimum Gasteiger partial charge on any atom is -0.493 e. The third-order valence-electron chi connectivity index (χ3n) is 1.45. The lowest BCUT2D eigenvalue weighted by molar-refractivity contribution is -0.341. The van der Waals surface area contributed by atoms with Crippen molar-refractivity contribution in [3.8, 4) is 0 Å². The van der Waals surface area contributed by atoms with Crippen molar-refractivity contribution >= 4 is 11.6 Å². The van der Waals surface area contributed by atoms with Gasteiger partial charge in [0.25, 0.3) is 11.6 Å². The highest BCUT2D eigenvalue weighted by Gasteiger charge is 2.49. The van der Waals surface area contributed by atoms with Crippen molar-refractivity contribution in [2.24, 2.45) is 0 Å². The van der Waals surface area contributed by atoms with Crippen molar-refractivity contribution < 1.29 is 14.3 Å². The normalized spacial score (nSPS) is 21.8. The first kappa shape index (κ1) is 5.22. The predicted molar refractivity (Wildman–Crippen MR) is 29.8 cm³/mol. The summed E-state index contributed by atoms with van der Waals surface area (Å²) in [6.07, 6.45) is 2.30. The van der Waals surface area contributed by atoms with Gasteiger partial charge in [-0.25, -0.2) is 4.70 Å². The molecule has 2 rings (SSSR count). The molecule has 1 heterocycles. The molecule has 1 aliphatic carbocycles. The van der Waals surface area contributed by atoms with Gasteiger partial charge in [0.15, 0.2) is 0 Å². The van der Waals surface area contributed by atoms with Gasteiger partial charge in [-0.2, -0.15) is 0 Å². The maximum Gasteiger partial charge on any atom is 0.324 e. The lowest BCUT2D eigenvalue weighted by Gasteiger charge is -1.76. The highest BCUT2D eigenvalue weighted by atomic mass is 16.1. The van der Waals surface area contributed by atoms with Crippen molar-refractivity contribution in [1.82, 2.24) is 0 Å². The number of carbonyl (C=O) groups is 2. The number of ketones is 2. The third-order valence-corrected chi connectivity index (χ3v) is 1.45. The van der Waals surface area contributed by atoms with Gasteiger partial charge in [-0.1, -0.05) is 0 Å². The van der Waals surface area contributed by atoms with E-state index in [-0.39, 0.29) is 23.0 Å². The highest BCUT2D eigenvalue weighted by Crippen LogP contribution is 2.30. The maximum atomic E-state index is 10.7. The fraction of sp³-hybridized carbons (Fsp3) is 0. The Kier molecular flexibility index (Phi) is 0.672. The van der Waals surface area contributed by atoms with Crippen LogP contribution in [0.5, 0.6) is 0 Å². The summed E-state index contributed by atoms with van der Waals surface area (Å²) in [5.41, 5.74) is 8.98. The van der Waals surface area contributed by atoms with Crippen molar-refractivity contribution in [1.29, 1.82) is 0 Å². The topological polar surface area (TPSA) is 59.5 Å². The van der Waals surface area contributed by atoms with Gasteiger partial charge in [-0.15, -0.1) is 0 Å². The SMILES string of the molecule is [N-]=[N+]1C2=C1C(=O)C=CC2=O. The van der Waals surface area contributed by atoms with E-state index in [2.05, 4.69) is 0 Å². The fourth-order valence-corrected chi connectivity index (χ4v) is 0.908. The first-order valence-corrected chi connectivity index (χ1v) is 2.72. The van der Waals surface area contributed by atoms with Crippen molar-refractivity contribution in [3.05, 3.63) is 29.1 Å². The second kappa shape index (κ2) is 1.29. The summed E-state index contributed by atoms with van der Waals surface area (Å²) in [5.74, 6) is -0.616. The molecule has 1 aliphatic heterocycles. The number of rotatable bonds is 0. The molecular formula is C6H2N2O2. The van der Waals surface area contributed by atoms with E-state index in [4.69, 9.17) is 5.53 Å². The average molecular weight is 134 g/mol. The summed E-state index contributed by atoms with van der Waals surface area (Å²) in [7, 11) is 0. The zero-order chi connectivity index (χ0) is 7.30. The summed E-state index contributed by atoms with van der Waals surface area (Å²) < 4.78 is 0.616. The van der Waals surface area contributed by atoms with Crippen LogP contribution in [0.4, 0.5) is 0 Å². The number of hydrogen-bond acceptors (Lipinski definition) is 2. The smallest absolute Gasteiger partial charge is 0.324 e. The molecule has 2 aliphatic rings. The van der Waals surface area contributed by atoms with Gasteiger partial charge in [0, 0.05) is 0 Å². The first-order valence-electron chi connectivity index (χ1n) is 2.72. The molecule has 0 aromatic rings. The Morgan fingerprint density at radius 3 is 1.90 bits per heavy atom. The van der Waals surface area contributed by atoms with E-state index in [1.165, 1.54) is 0 Å². The predicted octanol–water partition coefficient (Wildman–Crippen LogP) is -0.0463. The standard InChI is InChI=1S/C6H2N2O2/c7-8-5-3(9)1-2-4(10)6(5)8/h1-2H. The van der Waals surface area contributed by atoms with E-state index in [1.807, 2.05) is 0 Å². The van der Waals surface area contributed by atoms with Crippen LogP contribution in [0, 0.1) is 0 Å². The molecule has 0 fully saturated rings. The largest absolute Gasteiger partial charge is 0.493 e. The first-order chi connectivity index (χ1) is 4.72. The molecular weight excluding hydrogens is 132 g/mol. The Labute approximate surface area is 55.9 Å². The minimum atomic E-state index is -0.308. The summed E-state index contributed by atoms with van der Waals surface area (Å²) in [5, 5.41) is 0. The van der Waals surface area contributed by atoms with E-state index in [9.17, 15) is 9.59 Å². The lowest BCUT2D eigenvalue weighted by atomic mass is 10.2. The number of allylic oxidation sites excluding steroid dienone is 2. The molecule has 0 saturated carbocycles. The number of nitrogens with zero attached hydrogens (tertiary/aromatic N) is 2. The van der Waals surface area contributed by atoms with E-state index in [1.54, 1.807) is 0 Å². The van der Waals surface area contributed by atoms with Gasteiger partial charge < -0.3 is 5.53 Å². The molecule has 0 aromatic heterocycles. The molecule has 0 radical (unpaired) electrons. The van der Waals surface area contributed by atoms with Gasteiger partial charge >= 0.3 is 11.4 Å². The summed E-state index contributed by atoms with van der Waals surface area (Å²) in [6, 6.07) is 0. The highest BCUT2D eigenvalue weighted by molar-refractivity contribution is 6.21. The molecule has 0 bridgehead atoms. The zero-order valence-electron chi connectivity index (χ0n) is 4.87. The number of carbonyl (C=O) groups excluding carboxylic acids is 2. The van der Waals surface area contributed by atoms with Crippen LogP contribution in [-0.2, 0) is 9.59 Å². The van der Waals surface area contributed by atoms with Gasteiger partial charge in [-0.05, 0) is 12.2 Å². The van der Waals surface area contributed by atoms with Crippen LogP contribution >= 0.6 is 0 Å². The molecule has 0 saturated heterocycles. The van der Waals surface area contributed by atoms with Crippen LogP contribution in [0.3, 0.4) is 0 Å². The quantitative estimate of drug-likeness (QED) is 0.344. The monoisotopic (exact) mass is 134 g/mol. The van der Waals surface area contributed by atoms with Crippen molar-refractivity contribution in [3.63, 3.8) is 0 Å². The van der Waals surface area contributed by atoms with Crippen LogP contribution in [0.1, 0.15) is 0 Å². The van der Waals surface area contributed by atoms with E-state index in [0.717, 1.165) is 12.2 Å². The molecule has 0 unspecified atom stereocenters. The second-order valence-electron chi connectivity index (χ2n) is 2.07. The molecule has 10 heavy (non-hydrogen) atoms. The lowest BCUT2D eigenvalue weighted by Crippen LogP contribution is -1.97. The van der Waals surface area contributed by atoms with Crippen LogP contribution in [0.15, 0.2) is 23.5 Å². The Balaban J connectivity index is 2.52. The molecule has 4 nitrogen and oxygen atoms in total. The van der Waals surface area contributed by atoms with Gasteiger partial charge in [-0.3, -0.25) is 9.59 Å². The molecule has 0 aromatic carbocycles. The summed E-state index contributed by atoms with van der Waals surface area (Å²) >= 11 is 0. The second-order valence-corrected chi connectivity index (χ2v) is 2.07. The fourth-order valence-electron chi connectivity index (χ4n) is 0.908. The van der Waals surface area contributed by atoms with E-state index >= 15 is 0 Å². The Bertz CT molecular complexity index is 306. The van der Waals surface area contributed by atoms with Crippen molar-refractivity contribution in [2.75, 3.05) is 0 Å². The molecule has 0 N–H and O–H groups in total. The zero-order valence-corrected chi connectivity index (χ0v) is 4.87. The van der Waals surface area contributed by atoms with Crippen LogP contribution in [-0.4, -0.2) is 16.3 Å². The van der Waals surface area contributed by atoms with Crippen LogP contribution in [0.2, 0.25) is 0 Å². The third kappa shape index (κ3) is 0.411. The Morgan fingerprint density at radius 1 is 1.10 bits per heavy atom. The van der Waals surface area contributed by atoms with Crippen LogP contribution < -0.4 is 0 Å². The molecule has 0 amide bonds. The van der Waals surface area contributed by atoms with E-state index < -0.39 is 0 Å². The van der Waals surface area contributed by atoms with Crippen LogP contribution in [0.25, 0.3) is 5.53 Å². The summed E-state index contributed by atoms with van der Waals surface area (Å²) in [4.78, 5) is 21.4. The Morgan fingerprint density at radius 2 is 1.50 bits per heavy atom. The maximum absolute atomic E-state index is 10.7. The summed E-state index contributed by atoms with van der Waals surface area (Å²) in [6.45, 7) is 0.